The number of pyridine rings is 1. The van der Waals surface area contributed by atoms with Crippen LogP contribution >= 0.6 is 0 Å². The normalized spacial score (nSPS) is 19.6. The number of hydrogen-bond acceptors (Lipinski definition) is 4. The van der Waals surface area contributed by atoms with E-state index in [0.29, 0.717) is 11.8 Å². The minimum Gasteiger partial charge on any atom is -0.282 e. The molecule has 1 aliphatic heterocycles. The topological polar surface area (TPSA) is 66.4 Å². The van der Waals surface area contributed by atoms with Gasteiger partial charge in [0.2, 0.25) is 0 Å². The van der Waals surface area contributed by atoms with E-state index in [1.165, 1.54) is 0 Å². The van der Waals surface area contributed by atoms with Crippen molar-refractivity contribution in [1.82, 2.24) is 15.8 Å². The molecule has 2 N–H and O–H groups in total. The van der Waals surface area contributed by atoms with Crippen LogP contribution in [0.15, 0.2) is 29.5 Å². The molecule has 5 nitrogen and oxygen atoms in total. The monoisotopic (exact) mass is 232 g/mol. The predicted octanol–water partition coefficient (Wildman–Crippen LogP) is 0.877. The zero-order valence-corrected chi connectivity index (χ0v) is 9.97. The Morgan fingerprint density at radius 3 is 2.65 bits per heavy atom. The van der Waals surface area contributed by atoms with E-state index in [1.807, 2.05) is 12.1 Å². The Bertz CT molecular complexity index is 427. The third kappa shape index (κ3) is 2.81. The Labute approximate surface area is 100 Å². The van der Waals surface area contributed by atoms with E-state index in [1.54, 1.807) is 12.4 Å². The SMILES string of the molecule is CC(C)CC1N=C(c2ccncc2)NNC1=O. The Hall–Kier alpha value is -1.91. The molecule has 17 heavy (non-hydrogen) atoms. The van der Waals surface area contributed by atoms with Crippen LogP contribution < -0.4 is 10.9 Å². The Balaban J connectivity index is 2.21. The summed E-state index contributed by atoms with van der Waals surface area (Å²) < 4.78 is 0. The number of nitrogens with zero attached hydrogens (tertiary/aromatic N) is 2. The number of hydrazine groups is 1. The second-order valence-corrected chi connectivity index (χ2v) is 4.47. The summed E-state index contributed by atoms with van der Waals surface area (Å²) in [6.07, 6.45) is 4.16. The van der Waals surface area contributed by atoms with Crippen LogP contribution in [0.1, 0.15) is 25.8 Å². The summed E-state index contributed by atoms with van der Waals surface area (Å²) in [5.41, 5.74) is 6.38. The van der Waals surface area contributed by atoms with Crippen LogP contribution in [0.2, 0.25) is 0 Å². The molecule has 0 radical (unpaired) electrons. The van der Waals surface area contributed by atoms with Crippen molar-refractivity contribution < 1.29 is 4.79 Å². The summed E-state index contributed by atoms with van der Waals surface area (Å²) in [6, 6.07) is 3.41. The molecule has 0 saturated carbocycles. The van der Waals surface area contributed by atoms with Gasteiger partial charge in [0.25, 0.3) is 5.91 Å². The fourth-order valence-electron chi connectivity index (χ4n) is 1.71. The van der Waals surface area contributed by atoms with Gasteiger partial charge >= 0.3 is 0 Å². The van der Waals surface area contributed by atoms with Gasteiger partial charge in [-0.25, -0.2) is 0 Å². The quantitative estimate of drug-likeness (QED) is 0.813. The Kier molecular flexibility index (Phi) is 3.37. The zero-order chi connectivity index (χ0) is 12.3. The smallest absolute Gasteiger partial charge is 0.263 e. The van der Waals surface area contributed by atoms with E-state index >= 15 is 0 Å². The lowest BCUT2D eigenvalue weighted by molar-refractivity contribution is -0.123. The summed E-state index contributed by atoms with van der Waals surface area (Å²) in [5.74, 6) is 1.06. The number of carbonyl (C=O) groups excluding carboxylic acids is 1. The van der Waals surface area contributed by atoms with Gasteiger partial charge in [-0.05, 0) is 24.5 Å². The molecule has 2 heterocycles. The van der Waals surface area contributed by atoms with E-state index in [9.17, 15) is 4.79 Å². The number of hydrogen-bond donors (Lipinski definition) is 2. The molecule has 0 spiro atoms. The summed E-state index contributed by atoms with van der Waals surface area (Å²) >= 11 is 0. The van der Waals surface area contributed by atoms with Gasteiger partial charge < -0.3 is 0 Å². The van der Waals surface area contributed by atoms with Crippen LogP contribution in [-0.4, -0.2) is 22.8 Å². The van der Waals surface area contributed by atoms with Gasteiger partial charge in [0, 0.05) is 18.0 Å². The number of amides is 1. The van der Waals surface area contributed by atoms with Gasteiger partial charge in [-0.2, -0.15) is 0 Å². The van der Waals surface area contributed by atoms with Gasteiger partial charge in [-0.1, -0.05) is 13.8 Å². The van der Waals surface area contributed by atoms with Crippen LogP contribution in [-0.2, 0) is 4.79 Å². The highest BCUT2D eigenvalue weighted by Gasteiger charge is 2.24. The number of nitrogens with one attached hydrogen (secondary N) is 2. The van der Waals surface area contributed by atoms with E-state index < -0.39 is 0 Å². The highest BCUT2D eigenvalue weighted by atomic mass is 16.2. The first-order valence-electron chi connectivity index (χ1n) is 5.71. The van der Waals surface area contributed by atoms with E-state index in [4.69, 9.17) is 0 Å². The van der Waals surface area contributed by atoms with Crippen LogP contribution in [0, 0.1) is 5.92 Å². The van der Waals surface area contributed by atoms with Gasteiger partial charge in [0.15, 0.2) is 0 Å². The number of aliphatic imine (C=N–C) groups is 1. The van der Waals surface area contributed by atoms with E-state index in [-0.39, 0.29) is 11.9 Å². The van der Waals surface area contributed by atoms with Crippen molar-refractivity contribution in [1.29, 1.82) is 0 Å². The molecule has 1 unspecified atom stereocenters. The molecular weight excluding hydrogens is 216 g/mol. The van der Waals surface area contributed by atoms with Crippen molar-refractivity contribution >= 4 is 11.7 Å². The first-order chi connectivity index (χ1) is 8.16. The van der Waals surface area contributed by atoms with Gasteiger partial charge in [0.05, 0.1) is 0 Å². The number of aromatic nitrogens is 1. The minimum absolute atomic E-state index is 0.0727. The lowest BCUT2D eigenvalue weighted by Crippen LogP contribution is -2.51. The third-order valence-corrected chi connectivity index (χ3v) is 2.54. The van der Waals surface area contributed by atoms with Crippen molar-refractivity contribution in [2.24, 2.45) is 10.9 Å². The Morgan fingerprint density at radius 1 is 1.29 bits per heavy atom. The standard InChI is InChI=1S/C12H16N4O/c1-8(2)7-10-12(17)16-15-11(14-10)9-3-5-13-6-4-9/h3-6,8,10H,7H2,1-2H3,(H,14,15)(H,16,17). The first-order valence-corrected chi connectivity index (χ1v) is 5.71. The largest absolute Gasteiger partial charge is 0.282 e. The molecular formula is C12H16N4O. The van der Waals surface area contributed by atoms with Crippen molar-refractivity contribution in [3.8, 4) is 0 Å². The fraction of sp³-hybridized carbons (Fsp3) is 0.417. The number of carbonyl (C=O) groups is 1. The molecule has 1 aliphatic rings. The second kappa shape index (κ2) is 4.95. The van der Waals surface area contributed by atoms with Crippen LogP contribution in [0.5, 0.6) is 0 Å². The predicted molar refractivity (Wildman–Crippen MR) is 65.3 cm³/mol. The van der Waals surface area contributed by atoms with Crippen LogP contribution in [0.25, 0.3) is 0 Å². The van der Waals surface area contributed by atoms with Crippen molar-refractivity contribution in [3.63, 3.8) is 0 Å². The number of amidine groups is 1. The zero-order valence-electron chi connectivity index (χ0n) is 9.97. The van der Waals surface area contributed by atoms with Crippen molar-refractivity contribution in [3.05, 3.63) is 30.1 Å². The summed E-state index contributed by atoms with van der Waals surface area (Å²) in [7, 11) is 0. The maximum atomic E-state index is 11.6. The third-order valence-electron chi connectivity index (χ3n) is 2.54. The lowest BCUT2D eigenvalue weighted by Gasteiger charge is -2.23. The summed E-state index contributed by atoms with van der Waals surface area (Å²) in [5, 5.41) is 0. The van der Waals surface area contributed by atoms with Crippen molar-refractivity contribution in [2.75, 3.05) is 0 Å². The summed E-state index contributed by atoms with van der Waals surface area (Å²) in [6.45, 7) is 4.16. The van der Waals surface area contributed by atoms with Crippen molar-refractivity contribution in [2.45, 2.75) is 26.3 Å². The maximum absolute atomic E-state index is 11.6. The van der Waals surface area contributed by atoms with Gasteiger partial charge in [-0.3, -0.25) is 25.6 Å². The molecule has 1 aromatic heterocycles. The molecule has 2 rings (SSSR count). The first kappa shape index (κ1) is 11.6. The summed E-state index contributed by atoms with van der Waals surface area (Å²) in [4.78, 5) is 20.0. The Morgan fingerprint density at radius 2 is 2.00 bits per heavy atom. The van der Waals surface area contributed by atoms with E-state index in [0.717, 1.165) is 12.0 Å². The van der Waals surface area contributed by atoms with Gasteiger partial charge in [0.1, 0.15) is 11.9 Å². The highest BCUT2D eigenvalue weighted by Crippen LogP contribution is 2.12. The van der Waals surface area contributed by atoms with E-state index in [2.05, 4.69) is 34.7 Å². The average Bonchev–Trinajstić information content (AvgIpc) is 2.32. The molecule has 0 aliphatic carbocycles. The molecule has 0 fully saturated rings. The fourth-order valence-corrected chi connectivity index (χ4v) is 1.71. The molecule has 1 aromatic rings. The molecule has 0 bridgehead atoms. The molecule has 1 amide bonds. The minimum atomic E-state index is -0.306. The lowest BCUT2D eigenvalue weighted by atomic mass is 10.0. The van der Waals surface area contributed by atoms with Crippen LogP contribution in [0.4, 0.5) is 0 Å². The second-order valence-electron chi connectivity index (χ2n) is 4.47. The molecule has 90 valence electrons. The molecule has 1 atom stereocenters. The molecule has 5 heteroatoms. The molecule has 0 saturated heterocycles. The highest BCUT2D eigenvalue weighted by molar-refractivity contribution is 6.03. The maximum Gasteiger partial charge on any atom is 0.263 e. The van der Waals surface area contributed by atoms with Crippen LogP contribution in [0.3, 0.4) is 0 Å². The van der Waals surface area contributed by atoms with Gasteiger partial charge in [-0.15, -0.1) is 0 Å². The molecule has 0 aromatic carbocycles. The number of rotatable bonds is 3. The average molecular weight is 232 g/mol.